The van der Waals surface area contributed by atoms with Crippen molar-refractivity contribution in [3.05, 3.63) is 63.9 Å². The van der Waals surface area contributed by atoms with Crippen LogP contribution in [0.25, 0.3) is 0 Å². The molecular weight excluding hydrogens is 325 g/mol. The average molecular weight is 338 g/mol. The van der Waals surface area contributed by atoms with Gasteiger partial charge in [0.25, 0.3) is 5.91 Å². The predicted molar refractivity (Wildman–Crippen MR) is 79.1 cm³/mol. The van der Waals surface area contributed by atoms with Crippen LogP contribution in [0.1, 0.15) is 28.9 Å². The molecule has 2 aromatic rings. The van der Waals surface area contributed by atoms with Gasteiger partial charge in [-0.2, -0.15) is 0 Å². The lowest BCUT2D eigenvalue weighted by Crippen LogP contribution is -2.14. The molecule has 0 fully saturated rings. The number of nitrogens with one attached hydrogen (secondary N) is 1. The molecule has 0 heterocycles. The van der Waals surface area contributed by atoms with Gasteiger partial charge in [-0.05, 0) is 31.2 Å². The van der Waals surface area contributed by atoms with Crippen molar-refractivity contribution in [2.45, 2.75) is 13.0 Å². The fourth-order valence-corrected chi connectivity index (χ4v) is 2.32. The number of hydrogen-bond donors (Lipinski definition) is 2. The van der Waals surface area contributed by atoms with Crippen LogP contribution in [0.4, 0.5) is 10.1 Å². The van der Waals surface area contributed by atoms with Gasteiger partial charge < -0.3 is 10.4 Å². The maximum Gasteiger partial charge on any atom is 0.255 e. The summed E-state index contributed by atoms with van der Waals surface area (Å²) in [5, 5.41) is 12.3. The Morgan fingerprint density at radius 2 is 2.00 bits per heavy atom. The lowest BCUT2D eigenvalue weighted by atomic mass is 10.1. The summed E-state index contributed by atoms with van der Waals surface area (Å²) < 4.78 is 13.8. The highest BCUT2D eigenvalue weighted by atomic mass is 79.9. The molecule has 0 aliphatic carbocycles. The minimum absolute atomic E-state index is 0.206. The number of anilines is 1. The van der Waals surface area contributed by atoms with Crippen LogP contribution in [-0.2, 0) is 0 Å². The highest BCUT2D eigenvalue weighted by Gasteiger charge is 2.12. The molecule has 0 aliphatic rings. The summed E-state index contributed by atoms with van der Waals surface area (Å²) in [6.45, 7) is 1.61. The summed E-state index contributed by atoms with van der Waals surface area (Å²) in [6.07, 6.45) is -0.703. The van der Waals surface area contributed by atoms with Crippen LogP contribution < -0.4 is 5.32 Å². The van der Waals surface area contributed by atoms with E-state index in [1.165, 1.54) is 12.1 Å². The second-order valence-electron chi connectivity index (χ2n) is 4.38. The van der Waals surface area contributed by atoms with Gasteiger partial charge in [-0.25, -0.2) is 4.39 Å². The summed E-state index contributed by atoms with van der Waals surface area (Å²) in [5.41, 5.74) is 1.32. The highest BCUT2D eigenvalue weighted by Crippen LogP contribution is 2.23. The van der Waals surface area contributed by atoms with Gasteiger partial charge in [0.1, 0.15) is 5.82 Å². The molecule has 0 aliphatic heterocycles. The van der Waals surface area contributed by atoms with E-state index in [-0.39, 0.29) is 5.56 Å². The Labute approximate surface area is 124 Å². The third kappa shape index (κ3) is 3.43. The van der Waals surface area contributed by atoms with Crippen LogP contribution >= 0.6 is 15.9 Å². The number of aliphatic hydroxyl groups is 1. The van der Waals surface area contributed by atoms with Crippen LogP contribution in [0.5, 0.6) is 0 Å². The lowest BCUT2D eigenvalue weighted by Gasteiger charge is -2.13. The monoisotopic (exact) mass is 337 g/mol. The molecule has 0 radical (unpaired) electrons. The zero-order chi connectivity index (χ0) is 14.7. The van der Waals surface area contributed by atoms with Crippen molar-refractivity contribution < 1.29 is 14.3 Å². The molecular formula is C15H13BrFNO2. The van der Waals surface area contributed by atoms with E-state index in [1.54, 1.807) is 31.2 Å². The fraction of sp³-hybridized carbons (Fsp3) is 0.133. The molecule has 0 aromatic heterocycles. The molecule has 1 amide bonds. The van der Waals surface area contributed by atoms with Crippen LogP contribution in [0, 0.1) is 5.82 Å². The molecule has 104 valence electrons. The number of carbonyl (C=O) groups is 1. The second kappa shape index (κ2) is 6.15. The van der Waals surface area contributed by atoms with Crippen molar-refractivity contribution in [2.24, 2.45) is 0 Å². The van der Waals surface area contributed by atoms with Gasteiger partial charge >= 0.3 is 0 Å². The Hall–Kier alpha value is -1.72. The average Bonchev–Trinajstić information content (AvgIpc) is 2.37. The van der Waals surface area contributed by atoms with Gasteiger partial charge in [-0.15, -0.1) is 0 Å². The van der Waals surface area contributed by atoms with Crippen molar-refractivity contribution in [3.8, 4) is 0 Å². The van der Waals surface area contributed by atoms with E-state index in [4.69, 9.17) is 0 Å². The Bertz CT molecular complexity index is 623. The van der Waals surface area contributed by atoms with Crippen molar-refractivity contribution in [2.75, 3.05) is 5.32 Å². The number of benzene rings is 2. The molecule has 2 N–H and O–H groups in total. The van der Waals surface area contributed by atoms with Gasteiger partial charge in [0.15, 0.2) is 0 Å². The van der Waals surface area contributed by atoms with Crippen molar-refractivity contribution in [1.29, 1.82) is 0 Å². The van der Waals surface area contributed by atoms with Crippen molar-refractivity contribution >= 4 is 27.5 Å². The quantitative estimate of drug-likeness (QED) is 0.892. The summed E-state index contributed by atoms with van der Waals surface area (Å²) in [5.74, 6) is -0.924. The van der Waals surface area contributed by atoms with E-state index in [9.17, 15) is 14.3 Å². The maximum absolute atomic E-state index is 13.3. The van der Waals surface area contributed by atoms with E-state index < -0.39 is 17.8 Å². The zero-order valence-corrected chi connectivity index (χ0v) is 12.3. The molecule has 1 unspecified atom stereocenters. The Morgan fingerprint density at radius 1 is 1.30 bits per heavy atom. The van der Waals surface area contributed by atoms with Crippen LogP contribution in [-0.4, -0.2) is 11.0 Å². The Morgan fingerprint density at radius 3 is 2.65 bits per heavy atom. The number of hydrogen-bond acceptors (Lipinski definition) is 2. The smallest absolute Gasteiger partial charge is 0.255 e. The number of carbonyl (C=O) groups excluding carboxylic acids is 1. The van der Waals surface area contributed by atoms with Gasteiger partial charge in [0, 0.05) is 21.3 Å². The van der Waals surface area contributed by atoms with E-state index in [1.807, 2.05) is 0 Å². The highest BCUT2D eigenvalue weighted by molar-refractivity contribution is 9.10. The van der Waals surface area contributed by atoms with Gasteiger partial charge in [-0.1, -0.05) is 34.1 Å². The summed E-state index contributed by atoms with van der Waals surface area (Å²) in [6, 6.07) is 10.9. The molecule has 0 saturated carbocycles. The molecule has 0 spiro atoms. The number of halogens is 2. The predicted octanol–water partition coefficient (Wildman–Crippen LogP) is 3.89. The zero-order valence-electron chi connectivity index (χ0n) is 10.7. The molecule has 5 heteroatoms. The fourth-order valence-electron chi connectivity index (χ4n) is 1.85. The molecule has 0 saturated heterocycles. The molecule has 20 heavy (non-hydrogen) atoms. The minimum Gasteiger partial charge on any atom is -0.389 e. The maximum atomic E-state index is 13.3. The van der Waals surface area contributed by atoms with E-state index in [0.29, 0.717) is 15.7 Å². The number of amides is 1. The van der Waals surface area contributed by atoms with Crippen molar-refractivity contribution in [1.82, 2.24) is 0 Å². The first-order valence-corrected chi connectivity index (χ1v) is 6.81. The van der Waals surface area contributed by atoms with Gasteiger partial charge in [0.2, 0.25) is 0 Å². The van der Waals surface area contributed by atoms with Crippen LogP contribution in [0.2, 0.25) is 0 Å². The molecule has 1 atom stereocenters. The Balaban J connectivity index is 2.28. The normalized spacial score (nSPS) is 12.0. The van der Waals surface area contributed by atoms with Gasteiger partial charge in [0.05, 0.1) is 6.10 Å². The van der Waals surface area contributed by atoms with Crippen LogP contribution in [0.15, 0.2) is 46.9 Å². The standard InChI is InChI=1S/C15H13BrFNO2/c1-9(19)13-4-2-3-5-14(13)18-15(20)10-6-11(16)8-12(17)7-10/h2-9,19H,1H3,(H,18,20). The first kappa shape index (κ1) is 14.7. The number of aliphatic hydroxyl groups excluding tert-OH is 1. The first-order valence-electron chi connectivity index (χ1n) is 6.02. The molecule has 2 rings (SSSR count). The SMILES string of the molecule is CC(O)c1ccccc1NC(=O)c1cc(F)cc(Br)c1. The van der Waals surface area contributed by atoms with Gasteiger partial charge in [-0.3, -0.25) is 4.79 Å². The second-order valence-corrected chi connectivity index (χ2v) is 5.29. The van der Waals surface area contributed by atoms with Crippen molar-refractivity contribution in [3.63, 3.8) is 0 Å². The lowest BCUT2D eigenvalue weighted by molar-refractivity contribution is 0.102. The largest absolute Gasteiger partial charge is 0.389 e. The van der Waals surface area contributed by atoms with E-state index in [2.05, 4.69) is 21.2 Å². The third-order valence-corrected chi connectivity index (χ3v) is 3.24. The van der Waals surface area contributed by atoms with E-state index in [0.717, 1.165) is 6.07 Å². The third-order valence-electron chi connectivity index (χ3n) is 2.78. The summed E-state index contributed by atoms with van der Waals surface area (Å²) in [7, 11) is 0. The Kier molecular flexibility index (Phi) is 4.52. The number of rotatable bonds is 3. The topological polar surface area (TPSA) is 49.3 Å². The molecule has 3 nitrogen and oxygen atoms in total. The minimum atomic E-state index is -0.703. The first-order chi connectivity index (χ1) is 9.47. The molecule has 2 aromatic carbocycles. The number of para-hydroxylation sites is 1. The summed E-state index contributed by atoms with van der Waals surface area (Å²) >= 11 is 3.14. The summed E-state index contributed by atoms with van der Waals surface area (Å²) in [4.78, 5) is 12.1. The van der Waals surface area contributed by atoms with Crippen LogP contribution in [0.3, 0.4) is 0 Å². The van der Waals surface area contributed by atoms with E-state index >= 15 is 0 Å². The molecule has 0 bridgehead atoms.